The molecular formula is C14H12S. The van der Waals surface area contributed by atoms with Crippen LogP contribution in [0.5, 0.6) is 0 Å². The predicted molar refractivity (Wildman–Crippen MR) is 66.4 cm³/mol. The fourth-order valence-corrected chi connectivity index (χ4v) is 3.21. The van der Waals surface area contributed by atoms with Gasteiger partial charge in [-0.3, -0.25) is 0 Å². The van der Waals surface area contributed by atoms with E-state index in [4.69, 9.17) is 0 Å². The number of hydrogen-bond donors (Lipinski definition) is 0. The van der Waals surface area contributed by atoms with Crippen molar-refractivity contribution in [2.75, 3.05) is 0 Å². The molecule has 0 radical (unpaired) electrons. The maximum Gasteiger partial charge on any atom is 0.0375 e. The SMILES string of the molecule is Cc1ccsc1C1C=Cc2ccccc21. The summed E-state index contributed by atoms with van der Waals surface area (Å²) < 4.78 is 0. The summed E-state index contributed by atoms with van der Waals surface area (Å²) in [4.78, 5) is 1.48. The van der Waals surface area contributed by atoms with E-state index in [1.807, 2.05) is 11.3 Å². The molecule has 1 unspecified atom stereocenters. The van der Waals surface area contributed by atoms with Gasteiger partial charge < -0.3 is 0 Å². The number of aryl methyl sites for hydroxylation is 1. The Morgan fingerprint density at radius 2 is 2.00 bits per heavy atom. The summed E-state index contributed by atoms with van der Waals surface area (Å²) in [7, 11) is 0. The van der Waals surface area contributed by atoms with Gasteiger partial charge in [0, 0.05) is 10.8 Å². The molecular weight excluding hydrogens is 200 g/mol. The van der Waals surface area contributed by atoms with Crippen LogP contribution in [-0.2, 0) is 0 Å². The van der Waals surface area contributed by atoms with Gasteiger partial charge in [0.15, 0.2) is 0 Å². The number of fused-ring (bicyclic) bond motifs is 1. The lowest BCUT2D eigenvalue weighted by molar-refractivity contribution is 1.07. The van der Waals surface area contributed by atoms with E-state index in [2.05, 4.69) is 54.8 Å². The monoisotopic (exact) mass is 212 g/mol. The van der Waals surface area contributed by atoms with Crippen molar-refractivity contribution in [3.63, 3.8) is 0 Å². The molecule has 0 bridgehead atoms. The topological polar surface area (TPSA) is 0 Å². The Labute approximate surface area is 93.9 Å². The number of benzene rings is 1. The van der Waals surface area contributed by atoms with E-state index in [0.717, 1.165) is 0 Å². The Morgan fingerprint density at radius 1 is 1.13 bits per heavy atom. The molecule has 1 aromatic carbocycles. The zero-order valence-corrected chi connectivity index (χ0v) is 9.42. The molecule has 0 nitrogen and oxygen atoms in total. The van der Waals surface area contributed by atoms with Crippen LogP contribution in [0, 0.1) is 6.92 Å². The van der Waals surface area contributed by atoms with E-state index >= 15 is 0 Å². The van der Waals surface area contributed by atoms with Gasteiger partial charge in [-0.1, -0.05) is 36.4 Å². The maximum absolute atomic E-state index is 2.31. The molecule has 0 aliphatic heterocycles. The first-order valence-corrected chi connectivity index (χ1v) is 6.05. The molecule has 1 aliphatic rings. The lowest BCUT2D eigenvalue weighted by Gasteiger charge is -2.09. The van der Waals surface area contributed by atoms with Gasteiger partial charge in [-0.2, -0.15) is 0 Å². The van der Waals surface area contributed by atoms with Crippen LogP contribution in [0.3, 0.4) is 0 Å². The third-order valence-electron chi connectivity index (χ3n) is 2.98. The second-order valence-corrected chi connectivity index (χ2v) is 4.88. The van der Waals surface area contributed by atoms with E-state index < -0.39 is 0 Å². The quantitative estimate of drug-likeness (QED) is 0.664. The molecule has 1 atom stereocenters. The summed E-state index contributed by atoms with van der Waals surface area (Å²) >= 11 is 1.86. The first kappa shape index (κ1) is 8.93. The highest BCUT2D eigenvalue weighted by Crippen LogP contribution is 2.38. The van der Waals surface area contributed by atoms with Gasteiger partial charge in [-0.05, 0) is 35.1 Å². The largest absolute Gasteiger partial charge is 0.148 e. The highest BCUT2D eigenvalue weighted by Gasteiger charge is 2.20. The van der Waals surface area contributed by atoms with E-state index in [-0.39, 0.29) is 0 Å². The minimum Gasteiger partial charge on any atom is -0.148 e. The van der Waals surface area contributed by atoms with Gasteiger partial charge in [0.25, 0.3) is 0 Å². The standard InChI is InChI=1S/C14H12S/c1-10-8-9-15-14(10)13-7-6-11-4-2-3-5-12(11)13/h2-9,13H,1H3. The van der Waals surface area contributed by atoms with Gasteiger partial charge in [-0.25, -0.2) is 0 Å². The fourth-order valence-electron chi connectivity index (χ4n) is 2.18. The first-order valence-electron chi connectivity index (χ1n) is 5.17. The van der Waals surface area contributed by atoms with Crippen LogP contribution in [0.4, 0.5) is 0 Å². The van der Waals surface area contributed by atoms with Gasteiger partial charge in [0.1, 0.15) is 0 Å². The van der Waals surface area contributed by atoms with Crippen molar-refractivity contribution in [2.24, 2.45) is 0 Å². The smallest absolute Gasteiger partial charge is 0.0375 e. The third-order valence-corrected chi connectivity index (χ3v) is 4.09. The van der Waals surface area contributed by atoms with Crippen molar-refractivity contribution >= 4 is 17.4 Å². The third kappa shape index (κ3) is 1.35. The van der Waals surface area contributed by atoms with Crippen LogP contribution in [0.25, 0.3) is 6.08 Å². The highest BCUT2D eigenvalue weighted by molar-refractivity contribution is 7.10. The van der Waals surface area contributed by atoms with Gasteiger partial charge in [0.05, 0.1) is 0 Å². The van der Waals surface area contributed by atoms with Crippen LogP contribution >= 0.6 is 11.3 Å². The number of allylic oxidation sites excluding steroid dienone is 1. The first-order chi connectivity index (χ1) is 7.36. The lowest BCUT2D eigenvalue weighted by atomic mass is 9.97. The normalized spacial score (nSPS) is 18.1. The van der Waals surface area contributed by atoms with Crippen LogP contribution in [0.15, 0.2) is 41.8 Å². The highest BCUT2D eigenvalue weighted by atomic mass is 32.1. The number of hydrogen-bond acceptors (Lipinski definition) is 1. The van der Waals surface area contributed by atoms with Crippen molar-refractivity contribution in [3.8, 4) is 0 Å². The molecule has 1 heterocycles. The van der Waals surface area contributed by atoms with Crippen LogP contribution in [-0.4, -0.2) is 0 Å². The summed E-state index contributed by atoms with van der Waals surface area (Å²) in [6, 6.07) is 10.9. The molecule has 15 heavy (non-hydrogen) atoms. The van der Waals surface area contributed by atoms with Crippen molar-refractivity contribution < 1.29 is 0 Å². The van der Waals surface area contributed by atoms with E-state index in [0.29, 0.717) is 5.92 Å². The number of rotatable bonds is 1. The second-order valence-electron chi connectivity index (χ2n) is 3.93. The van der Waals surface area contributed by atoms with Crippen LogP contribution in [0.1, 0.15) is 27.5 Å². The zero-order valence-electron chi connectivity index (χ0n) is 8.60. The molecule has 74 valence electrons. The van der Waals surface area contributed by atoms with E-state index in [1.165, 1.54) is 21.6 Å². The van der Waals surface area contributed by atoms with Gasteiger partial charge >= 0.3 is 0 Å². The molecule has 0 N–H and O–H groups in total. The molecule has 3 rings (SSSR count). The van der Waals surface area contributed by atoms with Gasteiger partial charge in [0.2, 0.25) is 0 Å². The molecule has 0 saturated heterocycles. The second kappa shape index (κ2) is 3.35. The molecule has 1 aromatic heterocycles. The maximum atomic E-state index is 2.31. The van der Waals surface area contributed by atoms with Crippen LogP contribution in [0.2, 0.25) is 0 Å². The van der Waals surface area contributed by atoms with Crippen LogP contribution < -0.4 is 0 Å². The predicted octanol–water partition coefficient (Wildman–Crippen LogP) is 4.22. The Morgan fingerprint density at radius 3 is 2.80 bits per heavy atom. The fraction of sp³-hybridized carbons (Fsp3) is 0.143. The number of thiophene rings is 1. The molecule has 0 spiro atoms. The summed E-state index contributed by atoms with van der Waals surface area (Å²) in [6.45, 7) is 2.20. The van der Waals surface area contributed by atoms with E-state index in [1.54, 1.807) is 0 Å². The zero-order chi connectivity index (χ0) is 10.3. The molecule has 0 amide bonds. The summed E-state index contributed by atoms with van der Waals surface area (Å²) in [5.41, 5.74) is 4.23. The minimum absolute atomic E-state index is 0.487. The van der Waals surface area contributed by atoms with Crippen molar-refractivity contribution in [1.82, 2.24) is 0 Å². The average Bonchev–Trinajstić information content (AvgIpc) is 2.83. The Kier molecular flexibility index (Phi) is 2.00. The van der Waals surface area contributed by atoms with Gasteiger partial charge in [-0.15, -0.1) is 11.3 Å². The molecule has 0 saturated carbocycles. The lowest BCUT2D eigenvalue weighted by Crippen LogP contribution is -1.94. The molecule has 1 aliphatic carbocycles. The average molecular weight is 212 g/mol. The Hall–Kier alpha value is -1.34. The van der Waals surface area contributed by atoms with E-state index in [9.17, 15) is 0 Å². The molecule has 1 heteroatoms. The summed E-state index contributed by atoms with van der Waals surface area (Å²) in [6.07, 6.45) is 4.54. The van der Waals surface area contributed by atoms with Crippen molar-refractivity contribution in [1.29, 1.82) is 0 Å². The van der Waals surface area contributed by atoms with Crippen molar-refractivity contribution in [3.05, 3.63) is 63.4 Å². The minimum atomic E-state index is 0.487. The molecule has 2 aromatic rings. The van der Waals surface area contributed by atoms with Crippen molar-refractivity contribution in [2.45, 2.75) is 12.8 Å². The Bertz CT molecular complexity index is 520. The Balaban J connectivity index is 2.12. The summed E-state index contributed by atoms with van der Waals surface area (Å²) in [5, 5.41) is 2.18. The summed E-state index contributed by atoms with van der Waals surface area (Å²) in [5.74, 6) is 0.487. The molecule has 0 fully saturated rings.